The third-order valence-electron chi connectivity index (χ3n) is 5.52. The highest BCUT2D eigenvalue weighted by Crippen LogP contribution is 2.34. The zero-order valence-corrected chi connectivity index (χ0v) is 19.2. The van der Waals surface area contributed by atoms with E-state index in [-0.39, 0.29) is 28.7 Å². The number of amides is 2. The molecule has 0 aliphatic heterocycles. The lowest BCUT2D eigenvalue weighted by Crippen LogP contribution is -2.33. The van der Waals surface area contributed by atoms with Crippen molar-refractivity contribution in [2.45, 2.75) is 25.9 Å². The van der Waals surface area contributed by atoms with Crippen LogP contribution in [0.3, 0.4) is 0 Å². The number of nitrogens with one attached hydrogen (secondary N) is 2. The van der Waals surface area contributed by atoms with Gasteiger partial charge in [0.05, 0.1) is 23.6 Å². The Morgan fingerprint density at radius 1 is 1.26 bits per heavy atom. The summed E-state index contributed by atoms with van der Waals surface area (Å²) in [4.78, 5) is 33.1. The third-order valence-corrected chi connectivity index (χ3v) is 5.84. The van der Waals surface area contributed by atoms with Crippen molar-refractivity contribution in [3.63, 3.8) is 0 Å². The first-order chi connectivity index (χ1) is 16.4. The van der Waals surface area contributed by atoms with E-state index in [4.69, 9.17) is 21.6 Å². The van der Waals surface area contributed by atoms with Gasteiger partial charge in [0.15, 0.2) is 11.5 Å². The first-order valence-electron chi connectivity index (χ1n) is 10.5. The monoisotopic (exact) mass is 480 g/mol. The highest BCUT2D eigenvalue weighted by atomic mass is 35.5. The number of nitriles is 1. The van der Waals surface area contributed by atoms with Gasteiger partial charge in [0.25, 0.3) is 0 Å². The zero-order valence-electron chi connectivity index (χ0n) is 18.4. The summed E-state index contributed by atoms with van der Waals surface area (Å²) < 4.78 is 6.81. The molecule has 174 valence electrons. The van der Waals surface area contributed by atoms with Gasteiger partial charge < -0.3 is 10.1 Å². The zero-order chi connectivity index (χ0) is 24.2. The summed E-state index contributed by atoms with van der Waals surface area (Å²) in [5.41, 5.74) is 1.87. The Balaban J connectivity index is 1.41. The molecule has 12 heteroatoms. The van der Waals surface area contributed by atoms with Crippen LogP contribution < -0.4 is 10.6 Å². The van der Waals surface area contributed by atoms with E-state index >= 15 is 0 Å². The van der Waals surface area contributed by atoms with Gasteiger partial charge in [-0.25, -0.2) is 14.5 Å². The van der Waals surface area contributed by atoms with E-state index in [1.807, 2.05) is 0 Å². The Labute approximate surface area is 200 Å². The number of hydrogen-bond donors (Lipinski definition) is 2. The number of anilines is 2. The van der Waals surface area contributed by atoms with Gasteiger partial charge in [0.2, 0.25) is 5.91 Å². The Kier molecular flexibility index (Phi) is 6.70. The Morgan fingerprint density at radius 2 is 2.06 bits per heavy atom. The van der Waals surface area contributed by atoms with Crippen molar-refractivity contribution in [2.24, 2.45) is 18.9 Å². The van der Waals surface area contributed by atoms with Crippen LogP contribution in [-0.2, 0) is 16.6 Å². The largest absolute Gasteiger partial charge is 0.441 e. The summed E-state index contributed by atoms with van der Waals surface area (Å²) in [7, 11) is 1.62. The molecular formula is C22H21ClN8O3. The van der Waals surface area contributed by atoms with Gasteiger partial charge in [-0.2, -0.15) is 5.26 Å². The second kappa shape index (κ2) is 9.84. The van der Waals surface area contributed by atoms with Gasteiger partial charge in [-0.05, 0) is 38.0 Å². The van der Waals surface area contributed by atoms with Gasteiger partial charge >= 0.3 is 6.09 Å². The number of carbonyl (C=O) groups excluding carboxylic acids is 2. The lowest BCUT2D eigenvalue weighted by atomic mass is 9.75. The highest BCUT2D eigenvalue weighted by Gasteiger charge is 2.34. The summed E-state index contributed by atoms with van der Waals surface area (Å²) in [5, 5.41) is 22.6. The molecule has 0 saturated heterocycles. The van der Waals surface area contributed by atoms with E-state index < -0.39 is 12.2 Å². The molecule has 2 amide bonds. The quantitative estimate of drug-likeness (QED) is 0.507. The predicted molar refractivity (Wildman–Crippen MR) is 122 cm³/mol. The summed E-state index contributed by atoms with van der Waals surface area (Å²) in [6.07, 6.45) is 2.84. The second-order valence-corrected chi connectivity index (χ2v) is 8.24. The van der Waals surface area contributed by atoms with Gasteiger partial charge in [-0.15, -0.1) is 5.10 Å². The SMILES string of the molecule is C[C@@H](OC(=O)Nc1c(-c2ccc(NC(=O)C3CC(C#N)C3)cn2)nnn1C)c1cccnc1Cl. The van der Waals surface area contributed by atoms with Crippen LogP contribution in [0.15, 0.2) is 36.7 Å². The van der Waals surface area contributed by atoms with Gasteiger partial charge in [-0.3, -0.25) is 15.1 Å². The standard InChI is InChI=1S/C22H21ClN8O3/c1-12(16-4-3-7-25-19(16)23)34-22(33)28-20-18(29-30-31(20)2)17-6-5-15(11-26-17)27-21(32)14-8-13(9-14)10-24/h3-7,11-14H,8-9H2,1-2H3,(H,27,32)(H,28,33)/t12-,13?,14?/m1/s1. The number of nitrogens with zero attached hydrogens (tertiary/aromatic N) is 6. The van der Waals surface area contributed by atoms with E-state index in [0.29, 0.717) is 35.5 Å². The van der Waals surface area contributed by atoms with E-state index in [9.17, 15) is 9.59 Å². The Hall–Kier alpha value is -4.04. The van der Waals surface area contributed by atoms with Crippen LogP contribution in [0.1, 0.15) is 31.4 Å². The van der Waals surface area contributed by atoms with Gasteiger partial charge in [-0.1, -0.05) is 22.9 Å². The molecule has 4 rings (SSSR count). The molecule has 1 saturated carbocycles. The number of halogens is 1. The summed E-state index contributed by atoms with van der Waals surface area (Å²) in [6, 6.07) is 8.93. The second-order valence-electron chi connectivity index (χ2n) is 7.88. The van der Waals surface area contributed by atoms with Gasteiger partial charge in [0, 0.05) is 30.6 Å². The lowest BCUT2D eigenvalue weighted by Gasteiger charge is -2.29. The number of aromatic nitrogens is 5. The van der Waals surface area contributed by atoms with E-state index in [0.717, 1.165) is 0 Å². The normalized spacial score (nSPS) is 17.7. The molecule has 1 fully saturated rings. The van der Waals surface area contributed by atoms with Crippen LogP contribution in [0, 0.1) is 23.2 Å². The molecule has 1 aliphatic rings. The minimum Gasteiger partial charge on any atom is -0.441 e. The molecular weight excluding hydrogens is 460 g/mol. The van der Waals surface area contributed by atoms with Crippen LogP contribution in [0.5, 0.6) is 0 Å². The van der Waals surface area contributed by atoms with Crippen molar-refractivity contribution >= 4 is 35.1 Å². The molecule has 11 nitrogen and oxygen atoms in total. The average Bonchev–Trinajstić information content (AvgIpc) is 3.13. The Bertz CT molecular complexity index is 1250. The maximum atomic E-state index is 12.5. The smallest absolute Gasteiger partial charge is 0.413 e. The van der Waals surface area contributed by atoms with Crippen LogP contribution in [-0.4, -0.2) is 37.0 Å². The summed E-state index contributed by atoms with van der Waals surface area (Å²) in [5.74, 6) is -0.0470. The number of rotatable bonds is 6. The van der Waals surface area contributed by atoms with Crippen molar-refractivity contribution < 1.29 is 14.3 Å². The molecule has 3 aromatic rings. The maximum absolute atomic E-state index is 12.5. The summed E-state index contributed by atoms with van der Waals surface area (Å²) >= 11 is 6.07. The first-order valence-corrected chi connectivity index (χ1v) is 10.9. The number of hydrogen-bond acceptors (Lipinski definition) is 8. The fourth-order valence-corrected chi connectivity index (χ4v) is 3.78. The van der Waals surface area contributed by atoms with E-state index in [1.165, 1.54) is 10.9 Å². The Morgan fingerprint density at radius 3 is 2.74 bits per heavy atom. The average molecular weight is 481 g/mol. The maximum Gasteiger partial charge on any atom is 0.413 e. The highest BCUT2D eigenvalue weighted by molar-refractivity contribution is 6.30. The first kappa shape index (κ1) is 23.1. The van der Waals surface area contributed by atoms with Crippen molar-refractivity contribution in [3.8, 4) is 17.5 Å². The van der Waals surface area contributed by atoms with Crippen molar-refractivity contribution in [1.82, 2.24) is 25.0 Å². The molecule has 2 N–H and O–H groups in total. The molecule has 0 aromatic carbocycles. The molecule has 0 bridgehead atoms. The number of pyridine rings is 2. The number of ether oxygens (including phenoxy) is 1. The summed E-state index contributed by atoms with van der Waals surface area (Å²) in [6.45, 7) is 1.68. The molecule has 34 heavy (non-hydrogen) atoms. The molecule has 3 heterocycles. The fourth-order valence-electron chi connectivity index (χ4n) is 3.51. The van der Waals surface area contributed by atoms with Crippen LogP contribution in [0.2, 0.25) is 5.15 Å². The van der Waals surface area contributed by atoms with Crippen molar-refractivity contribution in [2.75, 3.05) is 10.6 Å². The number of aryl methyl sites for hydroxylation is 1. The molecule has 0 unspecified atom stereocenters. The van der Waals surface area contributed by atoms with Crippen molar-refractivity contribution in [3.05, 3.63) is 47.4 Å². The van der Waals surface area contributed by atoms with E-state index in [2.05, 4.69) is 37.0 Å². The number of carbonyl (C=O) groups is 2. The van der Waals surface area contributed by atoms with Gasteiger partial charge in [0.1, 0.15) is 11.3 Å². The van der Waals surface area contributed by atoms with E-state index in [1.54, 1.807) is 44.4 Å². The fraction of sp³-hybridized carbons (Fsp3) is 0.318. The minimum atomic E-state index is -0.723. The third kappa shape index (κ3) is 4.97. The topological polar surface area (TPSA) is 148 Å². The molecule has 3 aromatic heterocycles. The lowest BCUT2D eigenvalue weighted by molar-refractivity contribution is -0.123. The molecule has 0 spiro atoms. The van der Waals surface area contributed by atoms with Crippen molar-refractivity contribution in [1.29, 1.82) is 5.26 Å². The molecule has 0 radical (unpaired) electrons. The van der Waals surface area contributed by atoms with Crippen LogP contribution in [0.25, 0.3) is 11.4 Å². The minimum absolute atomic E-state index is 0.0464. The van der Waals surface area contributed by atoms with Crippen LogP contribution in [0.4, 0.5) is 16.3 Å². The predicted octanol–water partition coefficient (Wildman–Crippen LogP) is 3.72. The molecule has 1 aliphatic carbocycles. The molecule has 1 atom stereocenters. The van der Waals surface area contributed by atoms with Crippen LogP contribution >= 0.6 is 11.6 Å².